The van der Waals surface area contributed by atoms with E-state index in [4.69, 9.17) is 22.1 Å². The molecule has 0 spiro atoms. The van der Waals surface area contributed by atoms with Gasteiger partial charge in [0.15, 0.2) is 5.11 Å². The predicted molar refractivity (Wildman–Crippen MR) is 120 cm³/mol. The number of ether oxygens (including phenoxy) is 1. The summed E-state index contributed by atoms with van der Waals surface area (Å²) in [6.45, 7) is 2.29. The largest absolute Gasteiger partial charge is 0.376 e. The van der Waals surface area contributed by atoms with Crippen LogP contribution in [-0.2, 0) is 11.3 Å². The van der Waals surface area contributed by atoms with E-state index >= 15 is 0 Å². The lowest BCUT2D eigenvalue weighted by atomic mass is 10.1. The molecule has 1 aliphatic heterocycles. The predicted octanol–water partition coefficient (Wildman–Crippen LogP) is 4.02. The van der Waals surface area contributed by atoms with Crippen molar-refractivity contribution >= 4 is 17.3 Å². The Morgan fingerprint density at radius 1 is 1.17 bits per heavy atom. The van der Waals surface area contributed by atoms with Gasteiger partial charge in [-0.3, -0.25) is 0 Å². The highest BCUT2D eigenvalue weighted by molar-refractivity contribution is 7.80. The van der Waals surface area contributed by atoms with E-state index in [2.05, 4.69) is 40.7 Å². The Hall–Kier alpha value is -2.70. The molecule has 1 N–H and O–H groups in total. The highest BCUT2D eigenvalue weighted by atomic mass is 32.1. The molecular weight excluding hydrogens is 380 g/mol. The second-order valence-electron chi connectivity index (χ2n) is 7.33. The van der Waals surface area contributed by atoms with Crippen molar-refractivity contribution < 1.29 is 4.74 Å². The van der Waals surface area contributed by atoms with Crippen molar-refractivity contribution in [2.24, 2.45) is 0 Å². The molecule has 0 aliphatic carbocycles. The minimum absolute atomic E-state index is 0.266. The maximum atomic E-state index is 5.68. The van der Waals surface area contributed by atoms with Gasteiger partial charge in [-0.15, -0.1) is 0 Å². The van der Waals surface area contributed by atoms with Crippen molar-refractivity contribution in [1.29, 1.82) is 0 Å². The summed E-state index contributed by atoms with van der Waals surface area (Å²) >= 11 is 5.60. The maximum absolute atomic E-state index is 5.68. The summed E-state index contributed by atoms with van der Waals surface area (Å²) in [6, 6.07) is 20.5. The molecular formula is C23H26N4OS. The summed E-state index contributed by atoms with van der Waals surface area (Å²) in [5.74, 6) is 0. The topological polar surface area (TPSA) is 42.3 Å². The minimum Gasteiger partial charge on any atom is -0.376 e. The molecule has 1 fully saturated rings. The van der Waals surface area contributed by atoms with Crippen molar-refractivity contribution in [3.05, 3.63) is 72.4 Å². The van der Waals surface area contributed by atoms with Crippen LogP contribution in [0.4, 0.5) is 0 Å². The summed E-state index contributed by atoms with van der Waals surface area (Å²) in [6.07, 6.45) is 4.59. The molecule has 0 unspecified atom stereocenters. The van der Waals surface area contributed by atoms with E-state index in [1.807, 2.05) is 48.1 Å². The van der Waals surface area contributed by atoms with Gasteiger partial charge in [0.05, 0.1) is 17.5 Å². The first kappa shape index (κ1) is 19.6. The molecule has 0 radical (unpaired) electrons. The summed E-state index contributed by atoms with van der Waals surface area (Å²) in [7, 11) is 2.01. The number of hydrogen-bond acceptors (Lipinski definition) is 3. The zero-order valence-corrected chi connectivity index (χ0v) is 17.4. The number of rotatable bonds is 6. The monoisotopic (exact) mass is 406 g/mol. The summed E-state index contributed by atoms with van der Waals surface area (Å²) in [4.78, 5) is 2.06. The van der Waals surface area contributed by atoms with Crippen LogP contribution >= 0.6 is 12.2 Å². The van der Waals surface area contributed by atoms with Crippen molar-refractivity contribution in [3.8, 4) is 16.9 Å². The molecule has 1 aliphatic rings. The first-order valence-electron chi connectivity index (χ1n) is 10.0. The Kier molecular flexibility index (Phi) is 6.22. The van der Waals surface area contributed by atoms with Crippen molar-refractivity contribution in [2.45, 2.75) is 25.5 Å². The van der Waals surface area contributed by atoms with Crippen LogP contribution in [-0.4, -0.2) is 46.1 Å². The summed E-state index contributed by atoms with van der Waals surface area (Å²) in [5.41, 5.74) is 4.24. The Balaban J connectivity index is 1.53. The molecule has 1 aromatic heterocycles. The Morgan fingerprint density at radius 2 is 1.90 bits per heavy atom. The number of para-hydroxylation sites is 1. The number of hydrogen-bond donors (Lipinski definition) is 1. The highest BCUT2D eigenvalue weighted by Crippen LogP contribution is 2.24. The lowest BCUT2D eigenvalue weighted by Gasteiger charge is -2.22. The van der Waals surface area contributed by atoms with Crippen LogP contribution in [0.3, 0.4) is 0 Å². The van der Waals surface area contributed by atoms with E-state index in [0.717, 1.165) is 53.6 Å². The van der Waals surface area contributed by atoms with Gasteiger partial charge >= 0.3 is 0 Å². The van der Waals surface area contributed by atoms with E-state index in [9.17, 15) is 0 Å². The molecule has 150 valence electrons. The SMILES string of the molecule is CN(Cc1cn(-c2ccccc2)nc1-c1ccccc1)C(=S)NC[C@H]1CCCO1. The second-order valence-corrected chi connectivity index (χ2v) is 7.71. The summed E-state index contributed by atoms with van der Waals surface area (Å²) < 4.78 is 7.62. The van der Waals surface area contributed by atoms with Crippen molar-refractivity contribution in [3.63, 3.8) is 0 Å². The molecule has 3 aromatic rings. The van der Waals surface area contributed by atoms with Crippen molar-refractivity contribution in [1.82, 2.24) is 20.0 Å². The second kappa shape index (κ2) is 9.20. The fourth-order valence-corrected chi connectivity index (χ4v) is 3.69. The Bertz CT molecular complexity index is 936. The average molecular weight is 407 g/mol. The molecule has 1 saturated heterocycles. The summed E-state index contributed by atoms with van der Waals surface area (Å²) in [5, 5.41) is 8.95. The average Bonchev–Trinajstić information content (AvgIpc) is 3.43. The number of aromatic nitrogens is 2. The van der Waals surface area contributed by atoms with Gasteiger partial charge < -0.3 is 15.0 Å². The standard InChI is InChI=1S/C23H26N4OS/c1-26(23(29)24-15-21-13-8-14-28-21)16-19-17-27(20-11-6-3-7-12-20)25-22(19)18-9-4-2-5-10-18/h2-7,9-12,17,21H,8,13-16H2,1H3,(H,24,29)/t21-/m1/s1. The molecule has 29 heavy (non-hydrogen) atoms. The van der Waals surface area contributed by atoms with Gasteiger partial charge in [-0.25, -0.2) is 4.68 Å². The van der Waals surface area contributed by atoms with Gasteiger partial charge in [-0.2, -0.15) is 5.10 Å². The third-order valence-corrected chi connectivity index (χ3v) is 5.57. The van der Waals surface area contributed by atoms with Gasteiger partial charge in [-0.1, -0.05) is 48.5 Å². The Morgan fingerprint density at radius 3 is 2.59 bits per heavy atom. The van der Waals surface area contributed by atoms with E-state index in [-0.39, 0.29) is 6.10 Å². The molecule has 0 amide bonds. The van der Waals surface area contributed by atoms with Gasteiger partial charge in [0.1, 0.15) is 0 Å². The van der Waals surface area contributed by atoms with Crippen molar-refractivity contribution in [2.75, 3.05) is 20.2 Å². The van der Waals surface area contributed by atoms with Gasteiger partial charge in [0.25, 0.3) is 0 Å². The highest BCUT2D eigenvalue weighted by Gasteiger charge is 2.18. The van der Waals surface area contributed by atoms with Crippen LogP contribution in [0.2, 0.25) is 0 Å². The molecule has 2 aromatic carbocycles. The molecule has 2 heterocycles. The fourth-order valence-electron chi connectivity index (χ4n) is 3.55. The third-order valence-electron chi connectivity index (χ3n) is 5.12. The zero-order chi connectivity index (χ0) is 20.1. The van der Waals surface area contributed by atoms with Gasteiger partial charge in [0.2, 0.25) is 0 Å². The molecule has 5 nitrogen and oxygen atoms in total. The molecule has 4 rings (SSSR count). The van der Waals surface area contributed by atoms with E-state index in [0.29, 0.717) is 6.54 Å². The van der Waals surface area contributed by atoms with Crippen LogP contribution in [0.5, 0.6) is 0 Å². The normalized spacial score (nSPS) is 16.0. The van der Waals surface area contributed by atoms with Crippen LogP contribution in [0, 0.1) is 0 Å². The number of thiocarbonyl (C=S) groups is 1. The van der Waals surface area contributed by atoms with Gasteiger partial charge in [-0.05, 0) is 37.2 Å². The first-order valence-corrected chi connectivity index (χ1v) is 10.4. The molecule has 1 atom stereocenters. The maximum Gasteiger partial charge on any atom is 0.169 e. The van der Waals surface area contributed by atoms with E-state index in [1.54, 1.807) is 0 Å². The molecule has 0 saturated carbocycles. The fraction of sp³-hybridized carbons (Fsp3) is 0.304. The third kappa shape index (κ3) is 4.83. The number of nitrogens with zero attached hydrogens (tertiary/aromatic N) is 3. The Labute approximate surface area is 177 Å². The van der Waals surface area contributed by atoms with E-state index in [1.165, 1.54) is 0 Å². The number of nitrogens with one attached hydrogen (secondary N) is 1. The van der Waals surface area contributed by atoms with Crippen LogP contribution in [0.1, 0.15) is 18.4 Å². The minimum atomic E-state index is 0.266. The van der Waals surface area contributed by atoms with Gasteiger partial charge in [0, 0.05) is 44.1 Å². The molecule has 6 heteroatoms. The molecule has 0 bridgehead atoms. The smallest absolute Gasteiger partial charge is 0.169 e. The van der Waals surface area contributed by atoms with Crippen LogP contribution < -0.4 is 5.32 Å². The van der Waals surface area contributed by atoms with Crippen LogP contribution in [0.25, 0.3) is 16.9 Å². The lowest BCUT2D eigenvalue weighted by molar-refractivity contribution is 0.113. The number of benzene rings is 2. The zero-order valence-electron chi connectivity index (χ0n) is 16.6. The van der Waals surface area contributed by atoms with Crippen LogP contribution in [0.15, 0.2) is 66.9 Å². The lowest BCUT2D eigenvalue weighted by Crippen LogP contribution is -2.40. The quantitative estimate of drug-likeness (QED) is 0.626. The van der Waals surface area contributed by atoms with E-state index < -0.39 is 0 Å². The first-order chi connectivity index (χ1) is 14.2.